The Balaban J connectivity index is 1.62. The lowest BCUT2D eigenvalue weighted by molar-refractivity contribution is 0.00464. The molecule has 0 unspecified atom stereocenters. The Morgan fingerprint density at radius 2 is 1.88 bits per heavy atom. The minimum atomic E-state index is -0.670. The fourth-order valence-corrected chi connectivity index (χ4v) is 4.23. The first-order valence-corrected chi connectivity index (χ1v) is 10.6. The van der Waals surface area contributed by atoms with Gasteiger partial charge in [0.1, 0.15) is 22.8 Å². The van der Waals surface area contributed by atoms with Crippen LogP contribution in [0.3, 0.4) is 0 Å². The van der Waals surface area contributed by atoms with Gasteiger partial charge in [-0.3, -0.25) is 4.68 Å². The third kappa shape index (κ3) is 3.75. The summed E-state index contributed by atoms with van der Waals surface area (Å²) in [4.78, 5) is 14.2. The van der Waals surface area contributed by atoms with Crippen molar-refractivity contribution < 1.29 is 13.5 Å². The van der Waals surface area contributed by atoms with Crippen LogP contribution in [0.1, 0.15) is 47.5 Å². The largest absolute Gasteiger partial charge is 0.373 e. The van der Waals surface area contributed by atoms with Crippen LogP contribution in [0.4, 0.5) is 8.78 Å². The molecule has 5 rings (SSSR count). The highest BCUT2D eigenvalue weighted by Gasteiger charge is 2.28. The van der Waals surface area contributed by atoms with Crippen LogP contribution in [0, 0.1) is 25.5 Å². The number of hydrogen-bond acceptors (Lipinski definition) is 5. The van der Waals surface area contributed by atoms with Gasteiger partial charge in [-0.15, -0.1) is 0 Å². The van der Waals surface area contributed by atoms with Gasteiger partial charge in [0.2, 0.25) is 0 Å². The number of aromatic nitrogens is 5. The van der Waals surface area contributed by atoms with Crippen LogP contribution < -0.4 is 0 Å². The Morgan fingerprint density at radius 1 is 1.06 bits per heavy atom. The number of aryl methyl sites for hydroxylation is 3. The molecular weight excluding hydrogens is 412 g/mol. The van der Waals surface area contributed by atoms with E-state index in [0.29, 0.717) is 23.3 Å². The first-order valence-electron chi connectivity index (χ1n) is 10.6. The molecule has 0 saturated carbocycles. The lowest BCUT2D eigenvalue weighted by Gasteiger charge is -2.29. The van der Waals surface area contributed by atoms with Crippen LogP contribution in [-0.4, -0.2) is 31.3 Å². The quantitative estimate of drug-likeness (QED) is 0.455. The second kappa shape index (κ2) is 8.02. The number of rotatable bonds is 3. The molecule has 1 aliphatic heterocycles. The summed E-state index contributed by atoms with van der Waals surface area (Å²) in [5.74, 6) is -1.20. The van der Waals surface area contributed by atoms with E-state index < -0.39 is 11.6 Å². The zero-order valence-electron chi connectivity index (χ0n) is 18.1. The number of pyridine rings is 1. The van der Waals surface area contributed by atoms with Gasteiger partial charge in [0.25, 0.3) is 0 Å². The fourth-order valence-electron chi connectivity index (χ4n) is 4.23. The van der Waals surface area contributed by atoms with E-state index in [-0.39, 0.29) is 17.6 Å². The summed E-state index contributed by atoms with van der Waals surface area (Å²) in [5, 5.41) is 4.25. The van der Waals surface area contributed by atoms with Gasteiger partial charge >= 0.3 is 0 Å². The predicted molar refractivity (Wildman–Crippen MR) is 116 cm³/mol. The van der Waals surface area contributed by atoms with Gasteiger partial charge in [0.15, 0.2) is 0 Å². The minimum Gasteiger partial charge on any atom is -0.373 e. The Hall–Kier alpha value is -3.26. The van der Waals surface area contributed by atoms with Gasteiger partial charge in [0, 0.05) is 48.7 Å². The highest BCUT2D eigenvalue weighted by molar-refractivity contribution is 5.89. The van der Waals surface area contributed by atoms with Gasteiger partial charge in [-0.2, -0.15) is 5.10 Å². The Labute approximate surface area is 184 Å². The van der Waals surface area contributed by atoms with Crippen LogP contribution >= 0.6 is 0 Å². The Morgan fingerprint density at radius 3 is 2.62 bits per heavy atom. The summed E-state index contributed by atoms with van der Waals surface area (Å²) in [7, 11) is 1.88. The predicted octanol–water partition coefficient (Wildman–Crippen LogP) is 4.96. The lowest BCUT2D eigenvalue weighted by Crippen LogP contribution is -2.19. The van der Waals surface area contributed by atoms with E-state index in [1.54, 1.807) is 4.68 Å². The standard InChI is InChI=1S/C24H23F2N5O/c1-13-14(2)29-24-21(28-13)10-20(30-23(24)18-5-4-17(25)9-19(18)26)15-6-7-32-22(8-15)16-11-27-31(3)12-16/h4-5,9-12,15,22H,6-8H2,1-3H3/t15-,22-/m1/s1. The molecule has 1 saturated heterocycles. The van der Waals surface area contributed by atoms with E-state index in [2.05, 4.69) is 10.1 Å². The normalized spacial score (nSPS) is 18.9. The maximum absolute atomic E-state index is 14.7. The summed E-state index contributed by atoms with van der Waals surface area (Å²) in [6.45, 7) is 4.34. The monoisotopic (exact) mass is 435 g/mol. The summed E-state index contributed by atoms with van der Waals surface area (Å²) >= 11 is 0. The zero-order valence-corrected chi connectivity index (χ0v) is 18.1. The SMILES string of the molecule is Cc1nc2cc([C@@H]3CCO[C@@H](c4cnn(C)c4)C3)nc(-c3ccc(F)cc3F)c2nc1C. The van der Waals surface area contributed by atoms with Crippen molar-refractivity contribution in [1.82, 2.24) is 24.7 Å². The smallest absolute Gasteiger partial charge is 0.135 e. The molecule has 164 valence electrons. The molecule has 3 aromatic heterocycles. The van der Waals surface area contributed by atoms with Gasteiger partial charge in [-0.05, 0) is 44.9 Å². The average Bonchev–Trinajstić information content (AvgIpc) is 3.21. The Bertz CT molecular complexity index is 1320. The average molecular weight is 435 g/mol. The second-order valence-corrected chi connectivity index (χ2v) is 8.31. The van der Waals surface area contributed by atoms with Crippen molar-refractivity contribution in [2.45, 2.75) is 38.7 Å². The van der Waals surface area contributed by atoms with Gasteiger partial charge < -0.3 is 4.74 Å². The molecule has 6 nitrogen and oxygen atoms in total. The third-order valence-corrected chi connectivity index (χ3v) is 6.07. The third-order valence-electron chi connectivity index (χ3n) is 6.07. The van der Waals surface area contributed by atoms with Crippen molar-refractivity contribution in [2.75, 3.05) is 6.61 Å². The molecule has 0 amide bonds. The van der Waals surface area contributed by atoms with Gasteiger partial charge in [-0.25, -0.2) is 23.7 Å². The van der Waals surface area contributed by atoms with E-state index in [1.807, 2.05) is 39.4 Å². The van der Waals surface area contributed by atoms with Gasteiger partial charge in [0.05, 0.1) is 29.2 Å². The lowest BCUT2D eigenvalue weighted by atomic mass is 9.89. The van der Waals surface area contributed by atoms with Crippen LogP contribution in [0.2, 0.25) is 0 Å². The van der Waals surface area contributed by atoms with E-state index in [4.69, 9.17) is 14.7 Å². The van der Waals surface area contributed by atoms with Gasteiger partial charge in [-0.1, -0.05) is 0 Å². The first kappa shape index (κ1) is 20.6. The minimum absolute atomic E-state index is 0.0863. The van der Waals surface area contributed by atoms with E-state index in [9.17, 15) is 8.78 Å². The number of benzene rings is 1. The topological polar surface area (TPSA) is 65.7 Å². The number of nitrogens with zero attached hydrogens (tertiary/aromatic N) is 5. The number of halogens is 2. The summed E-state index contributed by atoms with van der Waals surface area (Å²) < 4.78 is 36.1. The van der Waals surface area contributed by atoms with Crippen molar-refractivity contribution in [1.29, 1.82) is 0 Å². The second-order valence-electron chi connectivity index (χ2n) is 8.31. The number of hydrogen-bond donors (Lipinski definition) is 0. The van der Waals surface area contributed by atoms with Crippen LogP contribution in [-0.2, 0) is 11.8 Å². The fraction of sp³-hybridized carbons (Fsp3) is 0.333. The van der Waals surface area contributed by atoms with Crippen LogP contribution in [0.5, 0.6) is 0 Å². The van der Waals surface area contributed by atoms with Crippen molar-refractivity contribution in [3.05, 3.63) is 70.9 Å². The molecule has 0 bridgehead atoms. The molecule has 0 spiro atoms. The molecule has 4 aromatic rings. The molecule has 8 heteroatoms. The maximum atomic E-state index is 14.7. The molecule has 2 atom stereocenters. The molecule has 0 aliphatic carbocycles. The van der Waals surface area contributed by atoms with E-state index >= 15 is 0 Å². The highest BCUT2D eigenvalue weighted by Crippen LogP contribution is 2.39. The Kier molecular flexibility index (Phi) is 5.17. The van der Waals surface area contributed by atoms with E-state index in [1.165, 1.54) is 12.1 Å². The summed E-state index contributed by atoms with van der Waals surface area (Å²) in [6, 6.07) is 5.46. The van der Waals surface area contributed by atoms with Crippen molar-refractivity contribution >= 4 is 11.0 Å². The van der Waals surface area contributed by atoms with Crippen molar-refractivity contribution in [3.63, 3.8) is 0 Å². The molecular formula is C24H23F2N5O. The number of ether oxygens (including phenoxy) is 1. The van der Waals surface area contributed by atoms with Crippen molar-refractivity contribution in [2.24, 2.45) is 7.05 Å². The molecule has 0 N–H and O–H groups in total. The maximum Gasteiger partial charge on any atom is 0.135 e. The van der Waals surface area contributed by atoms with Crippen LogP contribution in [0.25, 0.3) is 22.3 Å². The molecule has 4 heterocycles. The molecule has 1 aromatic carbocycles. The van der Waals surface area contributed by atoms with Crippen LogP contribution in [0.15, 0.2) is 36.7 Å². The van der Waals surface area contributed by atoms with E-state index in [0.717, 1.165) is 41.6 Å². The van der Waals surface area contributed by atoms with Crippen molar-refractivity contribution in [3.8, 4) is 11.3 Å². The molecule has 1 aliphatic rings. The first-order chi connectivity index (χ1) is 15.4. The highest BCUT2D eigenvalue weighted by atomic mass is 19.1. The number of fused-ring (bicyclic) bond motifs is 1. The molecule has 1 fully saturated rings. The summed E-state index contributed by atoms with van der Waals surface area (Å²) in [6.07, 6.45) is 5.21. The summed E-state index contributed by atoms with van der Waals surface area (Å²) in [5.41, 5.74) is 5.15. The molecule has 0 radical (unpaired) electrons. The zero-order chi connectivity index (χ0) is 22.4. The molecule has 32 heavy (non-hydrogen) atoms.